The summed E-state index contributed by atoms with van der Waals surface area (Å²) in [4.78, 5) is 0. The van der Waals surface area contributed by atoms with Crippen molar-refractivity contribution in [2.75, 3.05) is 20.8 Å². The summed E-state index contributed by atoms with van der Waals surface area (Å²) >= 11 is 5.65. The fraction of sp³-hybridized carbons (Fsp3) is 0.333. The van der Waals surface area contributed by atoms with E-state index in [1.165, 1.54) is 0 Å². The van der Waals surface area contributed by atoms with Crippen LogP contribution in [0.3, 0.4) is 0 Å². The second-order valence-corrected chi connectivity index (χ2v) is 3.88. The quantitative estimate of drug-likeness (QED) is 0.830. The fourth-order valence-electron chi connectivity index (χ4n) is 1.31. The maximum absolute atomic E-state index is 5.65. The second kappa shape index (κ2) is 6.40. The lowest BCUT2D eigenvalue weighted by atomic mass is 10.2. The third-order valence-electron chi connectivity index (χ3n) is 2.06. The van der Waals surface area contributed by atoms with Crippen LogP contribution < -0.4 is 14.8 Å². The molecule has 1 aromatic rings. The monoisotopic (exact) mass is 241 g/mol. The molecule has 0 bridgehead atoms. The van der Waals surface area contributed by atoms with E-state index in [1.54, 1.807) is 14.2 Å². The van der Waals surface area contributed by atoms with Crippen LogP contribution in [0.5, 0.6) is 11.5 Å². The van der Waals surface area contributed by atoms with E-state index in [0.29, 0.717) is 18.1 Å². The standard InChI is InChI=1S/C12H16ClNO2/c1-9(13)7-14-8-10-4-11(15-2)6-12(5-10)16-3/h4-6,14H,1,7-8H2,2-3H3. The molecule has 0 radical (unpaired) electrons. The Morgan fingerprint density at radius 3 is 2.25 bits per heavy atom. The van der Waals surface area contributed by atoms with E-state index in [4.69, 9.17) is 21.1 Å². The lowest BCUT2D eigenvalue weighted by molar-refractivity contribution is 0.393. The van der Waals surface area contributed by atoms with Crippen LogP contribution in [0.4, 0.5) is 0 Å². The van der Waals surface area contributed by atoms with Crippen molar-refractivity contribution in [3.05, 3.63) is 35.4 Å². The number of benzene rings is 1. The molecule has 1 rings (SSSR count). The van der Waals surface area contributed by atoms with Gasteiger partial charge in [-0.3, -0.25) is 0 Å². The van der Waals surface area contributed by atoms with Gasteiger partial charge in [0, 0.05) is 24.2 Å². The summed E-state index contributed by atoms with van der Waals surface area (Å²) in [6, 6.07) is 5.74. The van der Waals surface area contributed by atoms with Crippen molar-refractivity contribution in [3.8, 4) is 11.5 Å². The zero-order valence-electron chi connectivity index (χ0n) is 9.55. The molecule has 0 aliphatic rings. The highest BCUT2D eigenvalue weighted by atomic mass is 35.5. The first kappa shape index (κ1) is 12.9. The number of methoxy groups -OCH3 is 2. The van der Waals surface area contributed by atoms with Gasteiger partial charge in [-0.05, 0) is 17.7 Å². The van der Waals surface area contributed by atoms with Gasteiger partial charge in [-0.2, -0.15) is 0 Å². The van der Waals surface area contributed by atoms with Crippen molar-refractivity contribution in [2.24, 2.45) is 0 Å². The van der Waals surface area contributed by atoms with Crippen LogP contribution >= 0.6 is 11.6 Å². The minimum atomic E-state index is 0.584. The Labute approximate surface area is 101 Å². The number of hydrogen-bond acceptors (Lipinski definition) is 3. The average molecular weight is 242 g/mol. The van der Waals surface area contributed by atoms with Crippen molar-refractivity contribution in [2.45, 2.75) is 6.54 Å². The maximum Gasteiger partial charge on any atom is 0.122 e. The van der Waals surface area contributed by atoms with Crippen molar-refractivity contribution in [1.29, 1.82) is 0 Å². The van der Waals surface area contributed by atoms with Crippen molar-refractivity contribution < 1.29 is 9.47 Å². The number of nitrogens with one attached hydrogen (secondary N) is 1. The Bertz CT molecular complexity index is 344. The lowest BCUT2D eigenvalue weighted by Gasteiger charge is -2.09. The van der Waals surface area contributed by atoms with E-state index in [2.05, 4.69) is 11.9 Å². The Hall–Kier alpha value is -1.19. The van der Waals surface area contributed by atoms with E-state index in [1.807, 2.05) is 18.2 Å². The second-order valence-electron chi connectivity index (χ2n) is 3.34. The topological polar surface area (TPSA) is 30.5 Å². The van der Waals surface area contributed by atoms with E-state index in [-0.39, 0.29) is 0 Å². The summed E-state index contributed by atoms with van der Waals surface area (Å²) in [6.07, 6.45) is 0. The molecule has 0 aliphatic heterocycles. The zero-order valence-corrected chi connectivity index (χ0v) is 10.3. The molecule has 3 nitrogen and oxygen atoms in total. The summed E-state index contributed by atoms with van der Waals surface area (Å²) in [5.74, 6) is 1.56. The summed E-state index contributed by atoms with van der Waals surface area (Å²) in [5, 5.41) is 3.75. The van der Waals surface area contributed by atoms with Crippen LogP contribution in [0, 0.1) is 0 Å². The summed E-state index contributed by atoms with van der Waals surface area (Å²) in [5.41, 5.74) is 1.08. The third kappa shape index (κ3) is 4.13. The minimum absolute atomic E-state index is 0.584. The highest BCUT2D eigenvalue weighted by molar-refractivity contribution is 6.29. The molecule has 0 atom stereocenters. The normalized spacial score (nSPS) is 9.94. The van der Waals surface area contributed by atoms with Gasteiger partial charge in [0.25, 0.3) is 0 Å². The molecule has 88 valence electrons. The average Bonchev–Trinajstić information content (AvgIpc) is 2.28. The van der Waals surface area contributed by atoms with Crippen LogP contribution in [-0.4, -0.2) is 20.8 Å². The van der Waals surface area contributed by atoms with E-state index < -0.39 is 0 Å². The Kier molecular flexibility index (Phi) is 5.15. The Morgan fingerprint density at radius 1 is 1.25 bits per heavy atom. The van der Waals surface area contributed by atoms with Crippen molar-refractivity contribution in [3.63, 3.8) is 0 Å². The van der Waals surface area contributed by atoms with Gasteiger partial charge in [-0.1, -0.05) is 18.2 Å². The number of rotatable bonds is 6. The van der Waals surface area contributed by atoms with Gasteiger partial charge in [-0.25, -0.2) is 0 Å². The molecule has 0 fully saturated rings. The number of hydrogen-bond donors (Lipinski definition) is 1. The van der Waals surface area contributed by atoms with Crippen molar-refractivity contribution >= 4 is 11.6 Å². The number of halogens is 1. The van der Waals surface area contributed by atoms with E-state index in [0.717, 1.165) is 17.1 Å². The SMILES string of the molecule is C=C(Cl)CNCc1cc(OC)cc(OC)c1. The number of ether oxygens (including phenoxy) is 2. The van der Waals surface area contributed by atoms with Crippen LogP contribution in [0.15, 0.2) is 29.8 Å². The molecule has 4 heteroatoms. The van der Waals surface area contributed by atoms with Crippen molar-refractivity contribution in [1.82, 2.24) is 5.32 Å². The molecule has 0 saturated heterocycles. The zero-order chi connectivity index (χ0) is 12.0. The Morgan fingerprint density at radius 2 is 1.81 bits per heavy atom. The van der Waals surface area contributed by atoms with Gasteiger partial charge >= 0.3 is 0 Å². The third-order valence-corrected chi connectivity index (χ3v) is 2.19. The predicted molar refractivity (Wildman–Crippen MR) is 66.2 cm³/mol. The molecule has 1 N–H and O–H groups in total. The molecule has 0 heterocycles. The lowest BCUT2D eigenvalue weighted by Crippen LogP contribution is -2.14. The van der Waals surface area contributed by atoms with E-state index >= 15 is 0 Å². The Balaban J connectivity index is 2.67. The molecule has 0 amide bonds. The van der Waals surface area contributed by atoms with Gasteiger partial charge < -0.3 is 14.8 Å². The highest BCUT2D eigenvalue weighted by Gasteiger charge is 2.01. The molecular formula is C12H16ClNO2. The maximum atomic E-state index is 5.65. The van der Waals surface area contributed by atoms with Crippen LogP contribution in [0.2, 0.25) is 0 Å². The molecule has 0 spiro atoms. The smallest absolute Gasteiger partial charge is 0.122 e. The van der Waals surface area contributed by atoms with E-state index in [9.17, 15) is 0 Å². The summed E-state index contributed by atoms with van der Waals surface area (Å²) in [7, 11) is 3.26. The first-order valence-corrected chi connectivity index (χ1v) is 5.29. The first-order valence-electron chi connectivity index (χ1n) is 4.91. The largest absolute Gasteiger partial charge is 0.497 e. The molecular weight excluding hydrogens is 226 g/mol. The van der Waals surface area contributed by atoms with Gasteiger partial charge in [0.15, 0.2) is 0 Å². The predicted octanol–water partition coefficient (Wildman–Crippen LogP) is 2.55. The highest BCUT2D eigenvalue weighted by Crippen LogP contribution is 2.22. The van der Waals surface area contributed by atoms with Crippen LogP contribution in [-0.2, 0) is 6.54 Å². The van der Waals surface area contributed by atoms with Crippen LogP contribution in [0.1, 0.15) is 5.56 Å². The first-order chi connectivity index (χ1) is 7.65. The van der Waals surface area contributed by atoms with Crippen LogP contribution in [0.25, 0.3) is 0 Å². The molecule has 16 heavy (non-hydrogen) atoms. The van der Waals surface area contributed by atoms with Gasteiger partial charge in [-0.15, -0.1) is 0 Å². The summed E-state index contributed by atoms with van der Waals surface area (Å²) in [6.45, 7) is 4.89. The fourth-order valence-corrected chi connectivity index (χ4v) is 1.41. The van der Waals surface area contributed by atoms with Gasteiger partial charge in [0.2, 0.25) is 0 Å². The molecule has 0 aromatic heterocycles. The minimum Gasteiger partial charge on any atom is -0.497 e. The molecule has 0 aliphatic carbocycles. The molecule has 0 saturated carbocycles. The van der Waals surface area contributed by atoms with Gasteiger partial charge in [0.05, 0.1) is 14.2 Å². The summed E-state index contributed by atoms with van der Waals surface area (Å²) < 4.78 is 10.3. The van der Waals surface area contributed by atoms with Gasteiger partial charge in [0.1, 0.15) is 11.5 Å². The molecule has 1 aromatic carbocycles. The molecule has 0 unspecified atom stereocenters.